The van der Waals surface area contributed by atoms with Crippen molar-refractivity contribution in [3.05, 3.63) is 102 Å². The maximum Gasteiger partial charge on any atom is 0.247 e. The summed E-state index contributed by atoms with van der Waals surface area (Å²) in [5.41, 5.74) is 2.05. The Balaban J connectivity index is 1.71. The standard InChI is InChI=1S/C21H15F2N3O/c22-16-11-9-14(10-12-16)19(24-18-8-4-7-17(23)13-18)21-26-25-20(27-21)15-5-2-1-3-6-15/h1-13,19,24H. The molecule has 0 aliphatic heterocycles. The number of nitrogens with zero attached hydrogens (tertiary/aromatic N) is 2. The third-order valence-electron chi connectivity index (χ3n) is 4.05. The maximum absolute atomic E-state index is 13.6. The van der Waals surface area contributed by atoms with Crippen molar-refractivity contribution in [3.63, 3.8) is 0 Å². The molecule has 0 radical (unpaired) electrons. The zero-order valence-electron chi connectivity index (χ0n) is 14.1. The van der Waals surface area contributed by atoms with Crippen LogP contribution in [0.4, 0.5) is 14.5 Å². The normalized spacial score (nSPS) is 11.9. The first-order chi connectivity index (χ1) is 13.2. The Hall–Kier alpha value is -3.54. The second kappa shape index (κ2) is 7.37. The molecule has 0 aliphatic carbocycles. The molecular weight excluding hydrogens is 348 g/mol. The Morgan fingerprint density at radius 2 is 1.56 bits per heavy atom. The van der Waals surface area contributed by atoms with E-state index in [2.05, 4.69) is 15.5 Å². The first-order valence-electron chi connectivity index (χ1n) is 8.35. The van der Waals surface area contributed by atoms with Crippen LogP contribution in [0.1, 0.15) is 17.5 Å². The molecule has 0 fully saturated rings. The Bertz CT molecular complexity index is 1030. The van der Waals surface area contributed by atoms with Crippen LogP contribution in [0.25, 0.3) is 11.5 Å². The first-order valence-corrected chi connectivity index (χ1v) is 8.35. The van der Waals surface area contributed by atoms with E-state index in [1.165, 1.54) is 24.3 Å². The van der Waals surface area contributed by atoms with Gasteiger partial charge in [-0.3, -0.25) is 0 Å². The molecule has 0 bridgehead atoms. The lowest BCUT2D eigenvalue weighted by Crippen LogP contribution is -2.13. The van der Waals surface area contributed by atoms with Crippen LogP contribution in [0.15, 0.2) is 83.3 Å². The molecule has 0 aliphatic rings. The highest BCUT2D eigenvalue weighted by Crippen LogP contribution is 2.28. The summed E-state index contributed by atoms with van der Waals surface area (Å²) in [6.45, 7) is 0. The molecule has 1 heterocycles. The monoisotopic (exact) mass is 363 g/mol. The molecule has 1 N–H and O–H groups in total. The van der Waals surface area contributed by atoms with Crippen LogP contribution in [0.2, 0.25) is 0 Å². The van der Waals surface area contributed by atoms with Gasteiger partial charge in [0.1, 0.15) is 17.7 Å². The van der Waals surface area contributed by atoms with Gasteiger partial charge in [-0.25, -0.2) is 8.78 Å². The SMILES string of the molecule is Fc1ccc(C(Nc2cccc(F)c2)c2nnc(-c3ccccc3)o2)cc1. The third kappa shape index (κ3) is 3.84. The maximum atomic E-state index is 13.6. The lowest BCUT2D eigenvalue weighted by Gasteiger charge is -2.17. The van der Waals surface area contributed by atoms with E-state index in [1.54, 1.807) is 24.3 Å². The van der Waals surface area contributed by atoms with Crippen molar-refractivity contribution in [1.82, 2.24) is 10.2 Å². The quantitative estimate of drug-likeness (QED) is 0.528. The fourth-order valence-corrected chi connectivity index (χ4v) is 2.74. The van der Waals surface area contributed by atoms with Crippen LogP contribution in [0.3, 0.4) is 0 Å². The number of rotatable bonds is 5. The molecule has 0 saturated carbocycles. The van der Waals surface area contributed by atoms with Crippen molar-refractivity contribution in [2.24, 2.45) is 0 Å². The van der Waals surface area contributed by atoms with Gasteiger partial charge in [-0.1, -0.05) is 36.4 Å². The van der Waals surface area contributed by atoms with Crippen LogP contribution < -0.4 is 5.32 Å². The lowest BCUT2D eigenvalue weighted by atomic mass is 10.1. The summed E-state index contributed by atoms with van der Waals surface area (Å²) in [5, 5.41) is 11.4. The highest BCUT2D eigenvalue weighted by atomic mass is 19.1. The van der Waals surface area contributed by atoms with E-state index < -0.39 is 6.04 Å². The Labute approximate surface area is 154 Å². The zero-order valence-corrected chi connectivity index (χ0v) is 14.1. The van der Waals surface area contributed by atoms with Gasteiger partial charge in [0.05, 0.1) is 0 Å². The minimum absolute atomic E-state index is 0.296. The van der Waals surface area contributed by atoms with Crippen molar-refractivity contribution in [1.29, 1.82) is 0 Å². The number of anilines is 1. The van der Waals surface area contributed by atoms with Crippen molar-refractivity contribution in [2.75, 3.05) is 5.32 Å². The molecule has 27 heavy (non-hydrogen) atoms. The third-order valence-corrected chi connectivity index (χ3v) is 4.05. The summed E-state index contributed by atoms with van der Waals surface area (Å²) in [4.78, 5) is 0. The van der Waals surface area contributed by atoms with Gasteiger partial charge in [-0.05, 0) is 48.0 Å². The summed E-state index contributed by atoms with van der Waals surface area (Å²) >= 11 is 0. The zero-order chi connectivity index (χ0) is 18.6. The average Bonchev–Trinajstić information content (AvgIpc) is 3.18. The number of nitrogens with one attached hydrogen (secondary N) is 1. The molecule has 1 atom stereocenters. The van der Waals surface area contributed by atoms with E-state index in [4.69, 9.17) is 4.42 Å². The highest BCUT2D eigenvalue weighted by Gasteiger charge is 2.22. The smallest absolute Gasteiger partial charge is 0.247 e. The summed E-state index contributed by atoms with van der Waals surface area (Å²) < 4.78 is 32.7. The van der Waals surface area contributed by atoms with E-state index >= 15 is 0 Å². The van der Waals surface area contributed by atoms with Gasteiger partial charge in [0, 0.05) is 11.3 Å². The predicted molar refractivity (Wildman–Crippen MR) is 98.0 cm³/mol. The van der Waals surface area contributed by atoms with Crippen LogP contribution in [0.5, 0.6) is 0 Å². The molecule has 6 heteroatoms. The van der Waals surface area contributed by atoms with Crippen molar-refractivity contribution < 1.29 is 13.2 Å². The average molecular weight is 363 g/mol. The van der Waals surface area contributed by atoms with Crippen LogP contribution >= 0.6 is 0 Å². The molecule has 134 valence electrons. The van der Waals surface area contributed by atoms with Crippen LogP contribution in [-0.4, -0.2) is 10.2 Å². The Morgan fingerprint density at radius 3 is 2.30 bits per heavy atom. The van der Waals surface area contributed by atoms with E-state index in [1.807, 2.05) is 30.3 Å². The molecule has 1 aromatic heterocycles. The topological polar surface area (TPSA) is 51.0 Å². The van der Waals surface area contributed by atoms with Crippen LogP contribution in [-0.2, 0) is 0 Å². The van der Waals surface area contributed by atoms with Gasteiger partial charge in [0.2, 0.25) is 11.8 Å². The molecule has 0 saturated heterocycles. The fourth-order valence-electron chi connectivity index (χ4n) is 2.74. The molecule has 1 unspecified atom stereocenters. The number of halogens is 2. The Kier molecular flexibility index (Phi) is 4.61. The predicted octanol–water partition coefficient (Wildman–Crippen LogP) is 5.22. The first kappa shape index (κ1) is 16.9. The van der Waals surface area contributed by atoms with Gasteiger partial charge in [-0.2, -0.15) is 0 Å². The molecule has 4 nitrogen and oxygen atoms in total. The van der Waals surface area contributed by atoms with E-state index in [0.29, 0.717) is 23.0 Å². The van der Waals surface area contributed by atoms with Gasteiger partial charge >= 0.3 is 0 Å². The molecule has 4 aromatic rings. The largest absolute Gasteiger partial charge is 0.418 e. The lowest BCUT2D eigenvalue weighted by molar-refractivity contribution is 0.493. The summed E-state index contributed by atoms with van der Waals surface area (Å²) in [7, 11) is 0. The minimum Gasteiger partial charge on any atom is -0.418 e. The molecular formula is C21H15F2N3O. The number of hydrogen-bond donors (Lipinski definition) is 1. The van der Waals surface area contributed by atoms with E-state index in [-0.39, 0.29) is 11.6 Å². The van der Waals surface area contributed by atoms with Gasteiger partial charge in [0.15, 0.2) is 0 Å². The second-order valence-electron chi connectivity index (χ2n) is 5.95. The molecule has 0 spiro atoms. The number of hydrogen-bond acceptors (Lipinski definition) is 4. The van der Waals surface area contributed by atoms with E-state index in [0.717, 1.165) is 5.56 Å². The van der Waals surface area contributed by atoms with Gasteiger partial charge in [-0.15, -0.1) is 10.2 Å². The number of benzene rings is 3. The Morgan fingerprint density at radius 1 is 0.778 bits per heavy atom. The van der Waals surface area contributed by atoms with Crippen molar-refractivity contribution in [2.45, 2.75) is 6.04 Å². The summed E-state index contributed by atoms with van der Waals surface area (Å²) in [6, 6.07) is 20.8. The number of aromatic nitrogens is 2. The molecule has 0 amide bonds. The molecule has 3 aromatic carbocycles. The molecule has 4 rings (SSSR count). The summed E-state index contributed by atoms with van der Waals surface area (Å²) in [5.74, 6) is -0.0457. The highest BCUT2D eigenvalue weighted by molar-refractivity contribution is 5.52. The van der Waals surface area contributed by atoms with Crippen LogP contribution in [0, 0.1) is 11.6 Å². The van der Waals surface area contributed by atoms with Crippen molar-refractivity contribution >= 4 is 5.69 Å². The van der Waals surface area contributed by atoms with Gasteiger partial charge < -0.3 is 9.73 Å². The van der Waals surface area contributed by atoms with E-state index in [9.17, 15) is 8.78 Å². The van der Waals surface area contributed by atoms with Gasteiger partial charge in [0.25, 0.3) is 0 Å². The second-order valence-corrected chi connectivity index (χ2v) is 5.95. The minimum atomic E-state index is -0.558. The summed E-state index contributed by atoms with van der Waals surface area (Å²) in [6.07, 6.45) is 0. The van der Waals surface area contributed by atoms with Crippen molar-refractivity contribution in [3.8, 4) is 11.5 Å². The fraction of sp³-hybridized carbons (Fsp3) is 0.0476.